The number of carbonyl (C=O) groups is 1. The normalized spacial score (nSPS) is 19.5. The Balaban J connectivity index is 2.62. The van der Waals surface area contributed by atoms with Crippen molar-refractivity contribution >= 4 is 11.7 Å². The van der Waals surface area contributed by atoms with Crippen LogP contribution in [0.5, 0.6) is 0 Å². The minimum Gasteiger partial charge on any atom is -0.409 e. The molecule has 1 heterocycles. The van der Waals surface area contributed by atoms with Crippen LogP contribution in [0.1, 0.15) is 19.8 Å². The van der Waals surface area contributed by atoms with Gasteiger partial charge in [0.1, 0.15) is 5.41 Å². The van der Waals surface area contributed by atoms with Crippen LogP contribution in [0.15, 0.2) is 5.16 Å². The first-order valence-electron chi connectivity index (χ1n) is 6.09. The molecule has 0 aromatic rings. The third-order valence-corrected chi connectivity index (χ3v) is 3.12. The van der Waals surface area contributed by atoms with Gasteiger partial charge in [-0.3, -0.25) is 4.79 Å². The highest BCUT2D eigenvalue weighted by Crippen LogP contribution is 2.31. The SMILES string of the molecule is CCOCCNC(=O)C1(C(N)=NO)CCOCC1. The lowest BCUT2D eigenvalue weighted by molar-refractivity contribution is -0.131. The van der Waals surface area contributed by atoms with Crippen LogP contribution in [0.4, 0.5) is 0 Å². The van der Waals surface area contributed by atoms with Gasteiger partial charge in [0.2, 0.25) is 5.91 Å². The molecule has 1 saturated heterocycles. The summed E-state index contributed by atoms with van der Waals surface area (Å²) < 4.78 is 10.4. The van der Waals surface area contributed by atoms with Crippen LogP contribution < -0.4 is 11.1 Å². The van der Waals surface area contributed by atoms with Crippen molar-refractivity contribution in [2.45, 2.75) is 19.8 Å². The summed E-state index contributed by atoms with van der Waals surface area (Å²) in [6, 6.07) is 0. The summed E-state index contributed by atoms with van der Waals surface area (Å²) in [4.78, 5) is 12.2. The number of amidine groups is 1. The number of ether oxygens (including phenoxy) is 2. The van der Waals surface area contributed by atoms with Gasteiger partial charge in [-0.1, -0.05) is 5.16 Å². The lowest BCUT2D eigenvalue weighted by atomic mass is 9.78. The largest absolute Gasteiger partial charge is 0.409 e. The molecule has 1 amide bonds. The van der Waals surface area contributed by atoms with E-state index in [-0.39, 0.29) is 11.7 Å². The Morgan fingerprint density at radius 1 is 1.56 bits per heavy atom. The maximum Gasteiger partial charge on any atom is 0.234 e. The van der Waals surface area contributed by atoms with Crippen molar-refractivity contribution in [2.75, 3.05) is 33.0 Å². The third-order valence-electron chi connectivity index (χ3n) is 3.12. The molecule has 1 rings (SSSR count). The molecule has 7 nitrogen and oxygen atoms in total. The molecule has 0 saturated carbocycles. The topological polar surface area (TPSA) is 106 Å². The predicted octanol–water partition coefficient (Wildman–Crippen LogP) is -0.318. The quantitative estimate of drug-likeness (QED) is 0.199. The predicted molar refractivity (Wildman–Crippen MR) is 65.4 cm³/mol. The van der Waals surface area contributed by atoms with Gasteiger partial charge in [-0.05, 0) is 19.8 Å². The second kappa shape index (κ2) is 7.17. The lowest BCUT2D eigenvalue weighted by Gasteiger charge is -2.34. The number of nitrogens with zero attached hydrogens (tertiary/aromatic N) is 1. The minimum atomic E-state index is -0.959. The van der Waals surface area contributed by atoms with E-state index in [0.29, 0.717) is 45.8 Å². The summed E-state index contributed by atoms with van der Waals surface area (Å²) >= 11 is 0. The number of amides is 1. The Bertz CT molecular complexity index is 301. The Morgan fingerprint density at radius 3 is 2.78 bits per heavy atom. The minimum absolute atomic E-state index is 0.0558. The van der Waals surface area contributed by atoms with Crippen molar-refractivity contribution < 1.29 is 19.5 Å². The van der Waals surface area contributed by atoms with Gasteiger partial charge in [0.25, 0.3) is 0 Å². The Morgan fingerprint density at radius 2 is 2.22 bits per heavy atom. The molecule has 1 fully saturated rings. The number of nitrogens with two attached hydrogens (primary N) is 1. The Kier molecular flexibility index (Phi) is 5.87. The molecular weight excluding hydrogens is 238 g/mol. The average molecular weight is 259 g/mol. The van der Waals surface area contributed by atoms with Crippen LogP contribution in [-0.4, -0.2) is 49.9 Å². The summed E-state index contributed by atoms with van der Waals surface area (Å²) in [5.74, 6) is -0.291. The zero-order valence-electron chi connectivity index (χ0n) is 10.6. The van der Waals surface area contributed by atoms with Crippen LogP contribution in [0.25, 0.3) is 0 Å². The smallest absolute Gasteiger partial charge is 0.234 e. The molecule has 0 aromatic heterocycles. The van der Waals surface area contributed by atoms with E-state index in [4.69, 9.17) is 20.4 Å². The van der Waals surface area contributed by atoms with Crippen LogP contribution in [0.2, 0.25) is 0 Å². The zero-order chi connectivity index (χ0) is 13.4. The molecule has 18 heavy (non-hydrogen) atoms. The van der Waals surface area contributed by atoms with Gasteiger partial charge in [0.05, 0.1) is 6.61 Å². The van der Waals surface area contributed by atoms with Crippen molar-refractivity contribution in [1.29, 1.82) is 0 Å². The number of oxime groups is 1. The fourth-order valence-corrected chi connectivity index (χ4v) is 1.97. The van der Waals surface area contributed by atoms with Crippen molar-refractivity contribution in [3.05, 3.63) is 0 Å². The van der Waals surface area contributed by atoms with Gasteiger partial charge in [-0.15, -0.1) is 0 Å². The highest BCUT2D eigenvalue weighted by molar-refractivity contribution is 6.06. The summed E-state index contributed by atoms with van der Waals surface area (Å²) in [5, 5.41) is 14.6. The molecule has 7 heteroatoms. The Hall–Kier alpha value is -1.34. The zero-order valence-corrected chi connectivity index (χ0v) is 10.6. The van der Waals surface area contributed by atoms with Crippen molar-refractivity contribution in [1.82, 2.24) is 5.32 Å². The second-order valence-corrected chi connectivity index (χ2v) is 4.13. The van der Waals surface area contributed by atoms with Crippen LogP contribution in [-0.2, 0) is 14.3 Å². The maximum absolute atomic E-state index is 12.2. The molecule has 0 spiro atoms. The summed E-state index contributed by atoms with van der Waals surface area (Å²) in [7, 11) is 0. The van der Waals surface area contributed by atoms with Crippen molar-refractivity contribution in [2.24, 2.45) is 16.3 Å². The molecule has 1 aliphatic rings. The first-order chi connectivity index (χ1) is 8.67. The number of nitrogens with one attached hydrogen (secondary N) is 1. The molecule has 4 N–H and O–H groups in total. The number of rotatable bonds is 6. The van der Waals surface area contributed by atoms with Gasteiger partial charge < -0.3 is 25.7 Å². The average Bonchev–Trinajstić information content (AvgIpc) is 2.43. The van der Waals surface area contributed by atoms with Gasteiger partial charge in [0, 0.05) is 26.4 Å². The number of carbonyl (C=O) groups excluding carboxylic acids is 1. The van der Waals surface area contributed by atoms with E-state index in [0.717, 1.165) is 0 Å². The number of hydrogen-bond donors (Lipinski definition) is 3. The van der Waals surface area contributed by atoms with Gasteiger partial charge in [0.15, 0.2) is 5.84 Å². The summed E-state index contributed by atoms with van der Waals surface area (Å²) in [5.41, 5.74) is 4.71. The molecule has 0 atom stereocenters. The van der Waals surface area contributed by atoms with Crippen LogP contribution in [0.3, 0.4) is 0 Å². The van der Waals surface area contributed by atoms with E-state index >= 15 is 0 Å². The van der Waals surface area contributed by atoms with E-state index in [1.165, 1.54) is 0 Å². The number of hydrogen-bond acceptors (Lipinski definition) is 5. The van der Waals surface area contributed by atoms with Crippen LogP contribution >= 0.6 is 0 Å². The van der Waals surface area contributed by atoms with Gasteiger partial charge in [-0.2, -0.15) is 0 Å². The monoisotopic (exact) mass is 259 g/mol. The molecule has 0 radical (unpaired) electrons. The van der Waals surface area contributed by atoms with E-state index in [1.807, 2.05) is 6.92 Å². The highest BCUT2D eigenvalue weighted by Gasteiger charge is 2.44. The van der Waals surface area contributed by atoms with Crippen molar-refractivity contribution in [3.63, 3.8) is 0 Å². The lowest BCUT2D eigenvalue weighted by Crippen LogP contribution is -2.53. The molecular formula is C11H21N3O4. The molecule has 0 bridgehead atoms. The van der Waals surface area contributed by atoms with E-state index < -0.39 is 5.41 Å². The van der Waals surface area contributed by atoms with Crippen molar-refractivity contribution in [3.8, 4) is 0 Å². The highest BCUT2D eigenvalue weighted by atomic mass is 16.5. The fourth-order valence-electron chi connectivity index (χ4n) is 1.97. The van der Waals surface area contributed by atoms with E-state index in [2.05, 4.69) is 10.5 Å². The summed E-state index contributed by atoms with van der Waals surface area (Å²) in [6.45, 7) is 4.20. The molecule has 0 aromatic carbocycles. The van der Waals surface area contributed by atoms with Gasteiger partial charge >= 0.3 is 0 Å². The second-order valence-electron chi connectivity index (χ2n) is 4.13. The standard InChI is InChI=1S/C11H21N3O4/c1-2-17-8-5-13-10(15)11(9(12)14-16)3-6-18-7-4-11/h16H,2-8H2,1H3,(H2,12,14)(H,13,15). The Labute approximate surface area is 106 Å². The fraction of sp³-hybridized carbons (Fsp3) is 0.818. The first-order valence-corrected chi connectivity index (χ1v) is 6.09. The van der Waals surface area contributed by atoms with E-state index in [9.17, 15) is 4.79 Å². The maximum atomic E-state index is 12.2. The first kappa shape index (κ1) is 14.7. The molecule has 0 unspecified atom stereocenters. The van der Waals surface area contributed by atoms with Crippen LogP contribution in [0, 0.1) is 5.41 Å². The van der Waals surface area contributed by atoms with Gasteiger partial charge in [-0.25, -0.2) is 0 Å². The molecule has 104 valence electrons. The van der Waals surface area contributed by atoms with E-state index in [1.54, 1.807) is 0 Å². The molecule has 0 aliphatic carbocycles. The molecule has 1 aliphatic heterocycles. The summed E-state index contributed by atoms with van der Waals surface area (Å²) in [6.07, 6.45) is 0.840. The third kappa shape index (κ3) is 3.33.